The van der Waals surface area contributed by atoms with Gasteiger partial charge in [0.25, 0.3) is 5.91 Å². The van der Waals surface area contributed by atoms with Crippen LogP contribution in [0.15, 0.2) is 17.0 Å². The minimum Gasteiger partial charge on any atom is -0.394 e. The molecule has 0 aromatic heterocycles. The second kappa shape index (κ2) is 7.24. The van der Waals surface area contributed by atoms with Gasteiger partial charge >= 0.3 is 0 Å². The Morgan fingerprint density at radius 1 is 1.44 bits per heavy atom. The van der Waals surface area contributed by atoms with Crippen LogP contribution >= 0.6 is 35.0 Å². The smallest absolute Gasteiger partial charge is 0.253 e. The number of carbonyl (C=O) groups is 1. The van der Waals surface area contributed by atoms with Crippen molar-refractivity contribution in [1.29, 1.82) is 0 Å². The average molecular weight is 308 g/mol. The number of thioether (sulfide) groups is 1. The quantitative estimate of drug-likeness (QED) is 0.821. The molecule has 0 aliphatic carbocycles. The number of nitrogens with one attached hydrogen (secondary N) is 1. The lowest BCUT2D eigenvalue weighted by Gasteiger charge is -2.15. The van der Waals surface area contributed by atoms with Gasteiger partial charge in [-0.15, -0.1) is 11.8 Å². The molecule has 3 nitrogen and oxygen atoms in total. The Bertz CT molecular complexity index is 436. The number of hydrogen-bond donors (Lipinski definition) is 2. The van der Waals surface area contributed by atoms with Gasteiger partial charge in [-0.1, -0.05) is 30.1 Å². The van der Waals surface area contributed by atoms with Crippen molar-refractivity contribution in [2.45, 2.75) is 24.3 Å². The van der Waals surface area contributed by atoms with Crippen LogP contribution in [0, 0.1) is 0 Å². The predicted octanol–water partition coefficient (Wildman–Crippen LogP) is 3.22. The Morgan fingerprint density at radius 3 is 2.61 bits per heavy atom. The second-order valence-corrected chi connectivity index (χ2v) is 5.39. The van der Waals surface area contributed by atoms with Gasteiger partial charge in [0.1, 0.15) is 0 Å². The van der Waals surface area contributed by atoms with E-state index in [1.807, 2.05) is 13.2 Å². The van der Waals surface area contributed by atoms with Gasteiger partial charge in [-0.2, -0.15) is 0 Å². The summed E-state index contributed by atoms with van der Waals surface area (Å²) in [6.45, 7) is 1.79. The first-order chi connectivity index (χ1) is 8.53. The van der Waals surface area contributed by atoms with Crippen LogP contribution in [-0.2, 0) is 0 Å². The summed E-state index contributed by atoms with van der Waals surface area (Å²) in [5, 5.41) is 12.6. The molecule has 0 spiro atoms. The van der Waals surface area contributed by atoms with Crippen molar-refractivity contribution in [3.8, 4) is 0 Å². The molecule has 1 amide bonds. The number of aliphatic hydroxyl groups is 1. The van der Waals surface area contributed by atoms with Crippen LogP contribution in [0.3, 0.4) is 0 Å². The van der Waals surface area contributed by atoms with E-state index >= 15 is 0 Å². The Kier molecular flexibility index (Phi) is 6.29. The molecule has 1 aromatic rings. The minimum atomic E-state index is -0.298. The molecule has 0 radical (unpaired) electrons. The van der Waals surface area contributed by atoms with E-state index in [9.17, 15) is 4.79 Å². The molecule has 100 valence electrons. The van der Waals surface area contributed by atoms with E-state index < -0.39 is 0 Å². The predicted molar refractivity (Wildman–Crippen MR) is 76.9 cm³/mol. The van der Waals surface area contributed by atoms with Gasteiger partial charge in [0.05, 0.1) is 28.3 Å². The zero-order valence-corrected chi connectivity index (χ0v) is 12.5. The highest BCUT2D eigenvalue weighted by molar-refractivity contribution is 7.98. The molecular weight excluding hydrogens is 293 g/mol. The van der Waals surface area contributed by atoms with Crippen molar-refractivity contribution < 1.29 is 9.90 Å². The molecule has 6 heteroatoms. The van der Waals surface area contributed by atoms with Gasteiger partial charge in [-0.3, -0.25) is 4.79 Å². The Hall–Kier alpha value is -0.420. The highest BCUT2D eigenvalue weighted by atomic mass is 35.5. The largest absolute Gasteiger partial charge is 0.394 e. The molecule has 2 N–H and O–H groups in total. The van der Waals surface area contributed by atoms with Gasteiger partial charge in [0.15, 0.2) is 0 Å². The molecule has 1 aromatic carbocycles. The summed E-state index contributed by atoms with van der Waals surface area (Å²) in [5.74, 6) is -0.298. The zero-order chi connectivity index (χ0) is 13.7. The molecule has 0 bridgehead atoms. The molecule has 1 rings (SSSR count). The summed E-state index contributed by atoms with van der Waals surface area (Å²) in [7, 11) is 0. The summed E-state index contributed by atoms with van der Waals surface area (Å²) in [4.78, 5) is 12.8. The summed E-state index contributed by atoms with van der Waals surface area (Å²) in [6.07, 6.45) is 2.53. The van der Waals surface area contributed by atoms with Gasteiger partial charge in [-0.25, -0.2) is 0 Å². The first kappa shape index (κ1) is 15.6. The fourth-order valence-electron chi connectivity index (χ4n) is 1.40. The fraction of sp³-hybridized carbons (Fsp3) is 0.417. The summed E-state index contributed by atoms with van der Waals surface area (Å²) in [6, 6.07) is 2.96. The second-order valence-electron chi connectivity index (χ2n) is 3.73. The topological polar surface area (TPSA) is 49.3 Å². The van der Waals surface area contributed by atoms with Gasteiger partial charge in [-0.05, 0) is 24.8 Å². The molecular formula is C12H15Cl2NO2S. The van der Waals surface area contributed by atoms with Crippen LogP contribution in [0.1, 0.15) is 23.7 Å². The number of benzene rings is 1. The lowest BCUT2D eigenvalue weighted by Crippen LogP contribution is -2.37. The normalized spacial score (nSPS) is 12.3. The summed E-state index contributed by atoms with van der Waals surface area (Å²) in [5.41, 5.74) is 0.373. The molecule has 0 saturated carbocycles. The van der Waals surface area contributed by atoms with Crippen molar-refractivity contribution in [2.75, 3.05) is 12.9 Å². The maximum absolute atomic E-state index is 12.0. The third-order valence-electron chi connectivity index (χ3n) is 2.53. The van der Waals surface area contributed by atoms with Crippen LogP contribution in [-0.4, -0.2) is 29.9 Å². The minimum absolute atomic E-state index is 0.0944. The summed E-state index contributed by atoms with van der Waals surface area (Å²) >= 11 is 13.4. The van der Waals surface area contributed by atoms with E-state index in [1.165, 1.54) is 11.8 Å². The maximum atomic E-state index is 12.0. The van der Waals surface area contributed by atoms with E-state index in [1.54, 1.807) is 12.1 Å². The Labute approximate surface area is 121 Å². The molecule has 0 fully saturated rings. The zero-order valence-electron chi connectivity index (χ0n) is 10.2. The highest BCUT2D eigenvalue weighted by Gasteiger charge is 2.16. The third kappa shape index (κ3) is 3.79. The van der Waals surface area contributed by atoms with Crippen molar-refractivity contribution in [2.24, 2.45) is 0 Å². The van der Waals surface area contributed by atoms with Crippen LogP contribution in [0.5, 0.6) is 0 Å². The number of rotatable bonds is 5. The van der Waals surface area contributed by atoms with E-state index in [-0.39, 0.29) is 18.6 Å². The van der Waals surface area contributed by atoms with Crippen LogP contribution < -0.4 is 5.32 Å². The SMILES string of the molecule is CCC(CO)NC(=O)c1cc(SC)c(Cl)cc1Cl. The lowest BCUT2D eigenvalue weighted by atomic mass is 10.1. The van der Waals surface area contributed by atoms with Crippen molar-refractivity contribution in [3.05, 3.63) is 27.7 Å². The molecule has 1 unspecified atom stereocenters. The van der Waals surface area contributed by atoms with Crippen molar-refractivity contribution >= 4 is 40.9 Å². The lowest BCUT2D eigenvalue weighted by molar-refractivity contribution is 0.0915. The first-order valence-electron chi connectivity index (χ1n) is 5.48. The molecule has 18 heavy (non-hydrogen) atoms. The number of carbonyl (C=O) groups excluding carboxylic acids is 1. The Balaban J connectivity index is 2.98. The van der Waals surface area contributed by atoms with E-state index in [2.05, 4.69) is 5.32 Å². The molecule has 1 atom stereocenters. The summed E-state index contributed by atoms with van der Waals surface area (Å²) < 4.78 is 0. The third-order valence-corrected chi connectivity index (χ3v) is 4.05. The Morgan fingerprint density at radius 2 is 2.11 bits per heavy atom. The monoisotopic (exact) mass is 307 g/mol. The number of aliphatic hydroxyl groups excluding tert-OH is 1. The maximum Gasteiger partial charge on any atom is 0.253 e. The van der Waals surface area contributed by atoms with Gasteiger partial charge < -0.3 is 10.4 Å². The highest BCUT2D eigenvalue weighted by Crippen LogP contribution is 2.31. The van der Waals surface area contributed by atoms with Crippen molar-refractivity contribution in [3.63, 3.8) is 0 Å². The fourth-order valence-corrected chi connectivity index (χ4v) is 2.59. The van der Waals surface area contributed by atoms with Crippen LogP contribution in [0.4, 0.5) is 0 Å². The average Bonchev–Trinajstić information content (AvgIpc) is 2.35. The number of amides is 1. The standard InChI is InChI=1S/C12H15Cl2NO2S/c1-3-7(6-16)15-12(17)8-4-11(18-2)10(14)5-9(8)13/h4-5,7,16H,3,6H2,1-2H3,(H,15,17). The van der Waals surface area contributed by atoms with Gasteiger partial charge in [0.2, 0.25) is 0 Å². The van der Waals surface area contributed by atoms with E-state index in [0.717, 1.165) is 4.90 Å². The van der Waals surface area contributed by atoms with Crippen molar-refractivity contribution in [1.82, 2.24) is 5.32 Å². The van der Waals surface area contributed by atoms with Crippen LogP contribution in [0.25, 0.3) is 0 Å². The molecule has 0 aliphatic heterocycles. The van der Waals surface area contributed by atoms with E-state index in [4.69, 9.17) is 28.3 Å². The van der Waals surface area contributed by atoms with Gasteiger partial charge in [0, 0.05) is 4.90 Å². The first-order valence-corrected chi connectivity index (χ1v) is 7.46. The molecule has 0 heterocycles. The molecule has 0 saturated heterocycles. The number of hydrogen-bond acceptors (Lipinski definition) is 3. The van der Waals surface area contributed by atoms with E-state index in [0.29, 0.717) is 22.0 Å². The van der Waals surface area contributed by atoms with Crippen LogP contribution in [0.2, 0.25) is 10.0 Å². The molecule has 0 aliphatic rings. The number of halogens is 2.